The van der Waals surface area contributed by atoms with E-state index in [1.54, 1.807) is 30.6 Å². The summed E-state index contributed by atoms with van der Waals surface area (Å²) in [6.45, 7) is 23.0. The number of benzene rings is 1. The van der Waals surface area contributed by atoms with E-state index < -0.39 is 16.6 Å². The third-order valence-corrected chi connectivity index (χ3v) is 17.7. The monoisotopic (exact) mass is 581 g/mol. The summed E-state index contributed by atoms with van der Waals surface area (Å²) in [5.41, 5.74) is 1.64. The highest BCUT2D eigenvalue weighted by molar-refractivity contribution is 6.74. The lowest BCUT2D eigenvalue weighted by atomic mass is 10.2. The van der Waals surface area contributed by atoms with E-state index in [1.807, 2.05) is 4.57 Å². The van der Waals surface area contributed by atoms with E-state index in [0.29, 0.717) is 41.4 Å². The number of hydrogen-bond donors (Lipinski definition) is 0. The third-order valence-electron chi connectivity index (χ3n) is 8.66. The molecule has 0 amide bonds. The number of aromatic nitrogens is 4. The predicted molar refractivity (Wildman–Crippen MR) is 160 cm³/mol. The van der Waals surface area contributed by atoms with Gasteiger partial charge in [0.25, 0.3) is 5.88 Å². The van der Waals surface area contributed by atoms with Gasteiger partial charge in [0.1, 0.15) is 24.4 Å². The fourth-order valence-corrected chi connectivity index (χ4v) is 6.44. The average molecular weight is 582 g/mol. The fraction of sp³-hybridized carbons (Fsp3) is 0.586. The van der Waals surface area contributed by atoms with E-state index in [2.05, 4.69) is 88.8 Å². The molecule has 1 aromatic carbocycles. The largest absolute Gasteiger partial charge is 0.437 e. The third kappa shape index (κ3) is 6.31. The highest BCUT2D eigenvalue weighted by Gasteiger charge is 2.47. The van der Waals surface area contributed by atoms with Gasteiger partial charge in [0.15, 0.2) is 27.8 Å². The first-order chi connectivity index (χ1) is 18.5. The molecule has 0 N–H and O–H groups in total. The number of imidazole rings is 1. The van der Waals surface area contributed by atoms with Gasteiger partial charge in [-0.2, -0.15) is 10.2 Å². The summed E-state index contributed by atoms with van der Waals surface area (Å²) in [6.07, 6.45) is 3.20. The van der Waals surface area contributed by atoms with Gasteiger partial charge in [-0.15, -0.1) is 0 Å². The Balaban J connectivity index is 1.61. The summed E-state index contributed by atoms with van der Waals surface area (Å²) in [5, 5.41) is 9.40. The van der Waals surface area contributed by atoms with Gasteiger partial charge in [-0.3, -0.25) is 4.57 Å². The minimum atomic E-state index is -2.07. The molecule has 3 heterocycles. The maximum Gasteiger partial charge on any atom is 0.250 e. The van der Waals surface area contributed by atoms with Crippen LogP contribution in [0.2, 0.25) is 36.3 Å². The van der Waals surface area contributed by atoms with E-state index >= 15 is 0 Å². The lowest BCUT2D eigenvalue weighted by Gasteiger charge is -2.40. The molecule has 1 fully saturated rings. The van der Waals surface area contributed by atoms with Gasteiger partial charge in [0.05, 0.1) is 30.7 Å². The molecule has 0 spiro atoms. The molecule has 216 valence electrons. The number of rotatable bonds is 8. The van der Waals surface area contributed by atoms with Crippen LogP contribution in [-0.4, -0.2) is 55.0 Å². The predicted octanol–water partition coefficient (Wildman–Crippen LogP) is 7.19. The standard InChI is InChI=1S/C29H43N5O4Si2/c1-28(2,3)39(7,8)35-17-23-22(38-40(9,10)29(4,5)6)15-24(37-23)34-19-33-25-26(34)31-18-32-27(25)36-21-13-11-12-20(14-21)16-30/h11-14,18-19,22-24H,15,17H2,1-10H3/t22-,23+,24+/m0/s1. The molecule has 1 aliphatic rings. The molecule has 1 aliphatic heterocycles. The summed E-state index contributed by atoms with van der Waals surface area (Å²) < 4.78 is 28.2. The minimum absolute atomic E-state index is 0.0694. The van der Waals surface area contributed by atoms with Crippen LogP contribution in [-0.2, 0) is 13.6 Å². The van der Waals surface area contributed by atoms with Crippen molar-refractivity contribution >= 4 is 27.8 Å². The molecule has 2 aromatic heterocycles. The zero-order valence-corrected chi connectivity index (χ0v) is 27.5. The highest BCUT2D eigenvalue weighted by Crippen LogP contribution is 2.43. The van der Waals surface area contributed by atoms with Crippen molar-refractivity contribution in [2.75, 3.05) is 6.61 Å². The molecule has 9 nitrogen and oxygen atoms in total. The maximum atomic E-state index is 9.23. The molecule has 40 heavy (non-hydrogen) atoms. The first-order valence-corrected chi connectivity index (χ1v) is 19.7. The smallest absolute Gasteiger partial charge is 0.250 e. The van der Waals surface area contributed by atoms with Crippen LogP contribution in [0.25, 0.3) is 11.2 Å². The summed E-state index contributed by atoms with van der Waals surface area (Å²) in [6, 6.07) is 9.07. The number of nitriles is 1. The number of fused-ring (bicyclic) bond motifs is 1. The van der Waals surface area contributed by atoms with Crippen molar-refractivity contribution in [3.05, 3.63) is 42.5 Å². The van der Waals surface area contributed by atoms with Gasteiger partial charge in [-0.05, 0) is 54.5 Å². The van der Waals surface area contributed by atoms with E-state index in [0.717, 1.165) is 0 Å². The van der Waals surface area contributed by atoms with Crippen LogP contribution in [0.5, 0.6) is 11.6 Å². The van der Waals surface area contributed by atoms with E-state index in [-0.39, 0.29) is 28.5 Å². The summed E-state index contributed by atoms with van der Waals surface area (Å²) in [5.74, 6) is 0.833. The quantitative estimate of drug-likeness (QED) is 0.257. The molecule has 0 unspecified atom stereocenters. The van der Waals surface area contributed by atoms with Crippen molar-refractivity contribution in [1.29, 1.82) is 5.26 Å². The molecule has 0 aliphatic carbocycles. The Kier molecular flexibility index (Phi) is 8.33. The lowest BCUT2D eigenvalue weighted by Crippen LogP contribution is -2.48. The highest BCUT2D eigenvalue weighted by atomic mass is 28.4. The van der Waals surface area contributed by atoms with Crippen LogP contribution >= 0.6 is 0 Å². The van der Waals surface area contributed by atoms with Gasteiger partial charge >= 0.3 is 0 Å². The van der Waals surface area contributed by atoms with Gasteiger partial charge in [0, 0.05) is 6.42 Å². The molecular formula is C29H43N5O4Si2. The molecule has 3 aromatic rings. The summed E-state index contributed by atoms with van der Waals surface area (Å²) >= 11 is 0. The second kappa shape index (κ2) is 11.0. The van der Waals surface area contributed by atoms with Gasteiger partial charge in [-0.25, -0.2) is 9.97 Å². The Morgan fingerprint density at radius 3 is 2.38 bits per heavy atom. The van der Waals surface area contributed by atoms with Crippen LogP contribution in [0, 0.1) is 11.3 Å². The molecule has 0 saturated carbocycles. The van der Waals surface area contributed by atoms with Crippen LogP contribution in [0.4, 0.5) is 0 Å². The van der Waals surface area contributed by atoms with Crippen LogP contribution in [0.1, 0.15) is 59.8 Å². The van der Waals surface area contributed by atoms with Gasteiger partial charge < -0.3 is 18.3 Å². The summed E-state index contributed by atoms with van der Waals surface area (Å²) in [4.78, 5) is 13.4. The number of nitrogens with zero attached hydrogens (tertiary/aromatic N) is 5. The maximum absolute atomic E-state index is 9.23. The molecular weight excluding hydrogens is 539 g/mol. The first kappa shape index (κ1) is 30.3. The Bertz CT molecular complexity index is 1390. The summed E-state index contributed by atoms with van der Waals surface area (Å²) in [7, 11) is -4.05. The average Bonchev–Trinajstić information content (AvgIpc) is 3.46. The Labute approximate surface area is 240 Å². The number of hydrogen-bond acceptors (Lipinski definition) is 8. The van der Waals surface area contributed by atoms with Crippen molar-refractivity contribution < 1.29 is 18.3 Å². The van der Waals surface area contributed by atoms with Crippen molar-refractivity contribution in [2.24, 2.45) is 0 Å². The van der Waals surface area contributed by atoms with Crippen LogP contribution in [0.3, 0.4) is 0 Å². The molecule has 11 heteroatoms. The fourth-order valence-electron chi connectivity index (χ4n) is 4.06. The SMILES string of the molecule is CC(C)(C)[Si](C)(C)OC[C@H]1O[C@@H](n2cnc3c(Oc4cccc(C#N)c4)ncnc32)C[C@@H]1O[Si](C)(C)C(C)(C)C. The van der Waals surface area contributed by atoms with Crippen LogP contribution < -0.4 is 4.74 Å². The lowest BCUT2D eigenvalue weighted by molar-refractivity contribution is -0.0383. The topological polar surface area (TPSA) is 104 Å². The first-order valence-electron chi connectivity index (χ1n) is 13.9. The second-order valence-electron chi connectivity index (χ2n) is 13.6. The van der Waals surface area contributed by atoms with E-state index in [9.17, 15) is 5.26 Å². The molecule has 0 radical (unpaired) electrons. The normalized spacial score (nSPS) is 20.6. The van der Waals surface area contributed by atoms with Crippen molar-refractivity contribution in [3.8, 4) is 17.7 Å². The van der Waals surface area contributed by atoms with Crippen molar-refractivity contribution in [1.82, 2.24) is 19.5 Å². The van der Waals surface area contributed by atoms with Gasteiger partial charge in [-0.1, -0.05) is 47.6 Å². The van der Waals surface area contributed by atoms with E-state index in [1.165, 1.54) is 6.33 Å². The van der Waals surface area contributed by atoms with Crippen molar-refractivity contribution in [2.45, 2.75) is 103 Å². The Morgan fingerprint density at radius 2 is 1.73 bits per heavy atom. The van der Waals surface area contributed by atoms with Gasteiger partial charge in [0.2, 0.25) is 0 Å². The van der Waals surface area contributed by atoms with Crippen LogP contribution in [0.15, 0.2) is 36.9 Å². The van der Waals surface area contributed by atoms with Crippen molar-refractivity contribution in [3.63, 3.8) is 0 Å². The minimum Gasteiger partial charge on any atom is -0.437 e. The second-order valence-corrected chi connectivity index (χ2v) is 23.2. The van der Waals surface area contributed by atoms with E-state index in [4.69, 9.17) is 18.3 Å². The molecule has 3 atom stereocenters. The molecule has 4 rings (SSSR count). The Hall–Kier alpha value is -2.63. The zero-order chi connectivity index (χ0) is 29.5. The Morgan fingerprint density at radius 1 is 1.02 bits per heavy atom. The zero-order valence-electron chi connectivity index (χ0n) is 25.5. The molecule has 1 saturated heterocycles. The number of ether oxygens (including phenoxy) is 2. The molecule has 0 bridgehead atoms.